The highest BCUT2D eigenvalue weighted by Gasteiger charge is 2.05. The highest BCUT2D eigenvalue weighted by molar-refractivity contribution is 6.05. The Hall–Kier alpha value is -1.70. The van der Waals surface area contributed by atoms with Crippen molar-refractivity contribution in [3.8, 4) is 0 Å². The van der Waals surface area contributed by atoms with E-state index in [1.807, 2.05) is 6.92 Å². The first kappa shape index (κ1) is 9.39. The molecule has 0 heterocycles. The lowest BCUT2D eigenvalue weighted by Gasteiger charge is -2.01. The first-order valence-electron chi connectivity index (χ1n) is 3.91. The third-order valence-corrected chi connectivity index (χ3v) is 1.85. The van der Waals surface area contributed by atoms with Gasteiger partial charge in [-0.3, -0.25) is 9.59 Å². The van der Waals surface area contributed by atoms with Crippen molar-refractivity contribution in [3.63, 3.8) is 0 Å². The van der Waals surface area contributed by atoms with Crippen LogP contribution in [0, 0.1) is 6.92 Å². The van der Waals surface area contributed by atoms with Gasteiger partial charge in [-0.25, -0.2) is 0 Å². The van der Waals surface area contributed by atoms with Crippen LogP contribution in [0.2, 0.25) is 0 Å². The van der Waals surface area contributed by atoms with Gasteiger partial charge in [-0.2, -0.15) is 0 Å². The lowest BCUT2D eigenvalue weighted by atomic mass is 10.0. The maximum Gasteiger partial charge on any atom is 0.185 e. The Morgan fingerprint density at radius 1 is 1.46 bits per heavy atom. The molecule has 66 valence electrons. The number of allylic oxidation sites excluding steroid dienone is 1. The first-order chi connectivity index (χ1) is 6.19. The zero-order valence-electron chi connectivity index (χ0n) is 7.41. The van der Waals surface area contributed by atoms with Crippen molar-refractivity contribution in [2.45, 2.75) is 6.92 Å². The van der Waals surface area contributed by atoms with Gasteiger partial charge in [-0.05, 0) is 24.6 Å². The fourth-order valence-electron chi connectivity index (χ4n) is 1.09. The molecule has 1 rings (SSSR count). The molecule has 2 nitrogen and oxygen atoms in total. The lowest BCUT2D eigenvalue weighted by molar-refractivity contribution is 0.104. The molecule has 1 aromatic rings. The Morgan fingerprint density at radius 2 is 2.15 bits per heavy atom. The molecule has 1 aromatic carbocycles. The van der Waals surface area contributed by atoms with Gasteiger partial charge in [0.15, 0.2) is 5.78 Å². The highest BCUT2D eigenvalue weighted by Crippen LogP contribution is 2.11. The Bertz CT molecular complexity index is 364. The van der Waals surface area contributed by atoms with Crippen molar-refractivity contribution in [2.24, 2.45) is 0 Å². The van der Waals surface area contributed by atoms with Crippen LogP contribution in [0.25, 0.3) is 0 Å². The van der Waals surface area contributed by atoms with Gasteiger partial charge >= 0.3 is 0 Å². The Balaban J connectivity index is 3.25. The molecule has 0 aliphatic heterocycles. The molecule has 13 heavy (non-hydrogen) atoms. The van der Waals surface area contributed by atoms with E-state index in [-0.39, 0.29) is 5.78 Å². The third kappa shape index (κ3) is 1.90. The Labute approximate surface area is 76.9 Å². The summed E-state index contributed by atoms with van der Waals surface area (Å²) in [5.41, 5.74) is 1.91. The topological polar surface area (TPSA) is 34.1 Å². The van der Waals surface area contributed by atoms with Crippen LogP contribution < -0.4 is 0 Å². The van der Waals surface area contributed by atoms with E-state index in [1.54, 1.807) is 18.2 Å². The molecule has 0 aliphatic rings. The molecule has 0 bridgehead atoms. The largest absolute Gasteiger partial charge is 0.298 e. The van der Waals surface area contributed by atoms with Gasteiger partial charge < -0.3 is 0 Å². The average molecular weight is 174 g/mol. The first-order valence-corrected chi connectivity index (χ1v) is 3.91. The van der Waals surface area contributed by atoms with Crippen molar-refractivity contribution in [2.75, 3.05) is 0 Å². The van der Waals surface area contributed by atoms with Gasteiger partial charge in [0.25, 0.3) is 0 Å². The highest BCUT2D eigenvalue weighted by atomic mass is 16.1. The van der Waals surface area contributed by atoms with Crippen LogP contribution in [0.15, 0.2) is 30.9 Å². The minimum atomic E-state index is -0.152. The van der Waals surface area contributed by atoms with Crippen molar-refractivity contribution in [1.82, 2.24) is 0 Å². The van der Waals surface area contributed by atoms with E-state index >= 15 is 0 Å². The minimum absolute atomic E-state index is 0.152. The third-order valence-electron chi connectivity index (χ3n) is 1.85. The number of ketones is 1. The SMILES string of the molecule is C=CC(=O)c1cc(C=O)ccc1C. The lowest BCUT2D eigenvalue weighted by Crippen LogP contribution is -1.98. The van der Waals surface area contributed by atoms with Gasteiger partial charge in [0.05, 0.1) is 0 Å². The summed E-state index contributed by atoms with van der Waals surface area (Å²) in [6.07, 6.45) is 1.97. The zero-order chi connectivity index (χ0) is 9.84. The van der Waals surface area contributed by atoms with Crippen LogP contribution in [0.4, 0.5) is 0 Å². The summed E-state index contributed by atoms with van der Waals surface area (Å²) in [7, 11) is 0. The molecule has 0 saturated heterocycles. The number of aldehydes is 1. The number of carbonyl (C=O) groups is 2. The average Bonchev–Trinajstić information content (AvgIpc) is 2.17. The summed E-state index contributed by atoms with van der Waals surface area (Å²) in [5, 5.41) is 0. The molecular weight excluding hydrogens is 164 g/mol. The van der Waals surface area contributed by atoms with Crippen LogP contribution >= 0.6 is 0 Å². The number of benzene rings is 1. The van der Waals surface area contributed by atoms with E-state index in [4.69, 9.17) is 0 Å². The number of carbonyl (C=O) groups excluding carboxylic acids is 2. The predicted molar refractivity (Wildman–Crippen MR) is 51.1 cm³/mol. The summed E-state index contributed by atoms with van der Waals surface area (Å²) < 4.78 is 0. The molecule has 0 amide bonds. The van der Waals surface area contributed by atoms with E-state index in [0.717, 1.165) is 11.8 Å². The summed E-state index contributed by atoms with van der Waals surface area (Å²) in [5.74, 6) is -0.152. The summed E-state index contributed by atoms with van der Waals surface area (Å²) in [4.78, 5) is 21.7. The van der Waals surface area contributed by atoms with Crippen LogP contribution in [0.3, 0.4) is 0 Å². The Morgan fingerprint density at radius 3 is 2.69 bits per heavy atom. The second-order valence-corrected chi connectivity index (χ2v) is 2.76. The van der Waals surface area contributed by atoms with E-state index in [9.17, 15) is 9.59 Å². The molecule has 0 unspecified atom stereocenters. The van der Waals surface area contributed by atoms with Crippen molar-refractivity contribution in [1.29, 1.82) is 0 Å². The summed E-state index contributed by atoms with van der Waals surface area (Å²) >= 11 is 0. The molecule has 0 atom stereocenters. The summed E-state index contributed by atoms with van der Waals surface area (Å²) in [6.45, 7) is 5.22. The smallest absolute Gasteiger partial charge is 0.185 e. The molecule has 2 heteroatoms. The molecule has 0 spiro atoms. The number of rotatable bonds is 3. The van der Waals surface area contributed by atoms with Crippen molar-refractivity contribution >= 4 is 12.1 Å². The van der Waals surface area contributed by atoms with Crippen LogP contribution in [0.5, 0.6) is 0 Å². The maximum absolute atomic E-state index is 11.3. The van der Waals surface area contributed by atoms with Crippen LogP contribution in [-0.4, -0.2) is 12.1 Å². The summed E-state index contributed by atoms with van der Waals surface area (Å²) in [6, 6.07) is 5.01. The molecule has 0 fully saturated rings. The molecular formula is C11H10O2. The zero-order valence-corrected chi connectivity index (χ0v) is 7.41. The Kier molecular flexibility index (Phi) is 2.75. The standard InChI is InChI=1S/C11H10O2/c1-3-11(13)10-6-9(7-12)5-4-8(10)2/h3-7H,1H2,2H3. The quantitative estimate of drug-likeness (QED) is 0.400. The van der Waals surface area contributed by atoms with Gasteiger partial charge in [0, 0.05) is 11.1 Å². The van der Waals surface area contributed by atoms with Gasteiger partial charge in [0.1, 0.15) is 6.29 Å². The van der Waals surface area contributed by atoms with E-state index in [1.165, 1.54) is 6.08 Å². The number of aryl methyl sites for hydroxylation is 1. The maximum atomic E-state index is 11.3. The van der Waals surface area contributed by atoms with Crippen molar-refractivity contribution < 1.29 is 9.59 Å². The van der Waals surface area contributed by atoms with E-state index in [2.05, 4.69) is 6.58 Å². The predicted octanol–water partition coefficient (Wildman–Crippen LogP) is 2.18. The molecule has 0 radical (unpaired) electrons. The fraction of sp³-hybridized carbons (Fsp3) is 0.0909. The minimum Gasteiger partial charge on any atom is -0.298 e. The number of hydrogen-bond donors (Lipinski definition) is 0. The monoisotopic (exact) mass is 174 g/mol. The van der Waals surface area contributed by atoms with Gasteiger partial charge in [-0.15, -0.1) is 0 Å². The fourth-order valence-corrected chi connectivity index (χ4v) is 1.09. The van der Waals surface area contributed by atoms with Gasteiger partial charge in [-0.1, -0.05) is 18.7 Å². The molecule has 0 aromatic heterocycles. The molecule has 0 aliphatic carbocycles. The normalized spacial score (nSPS) is 9.31. The van der Waals surface area contributed by atoms with Crippen LogP contribution in [-0.2, 0) is 0 Å². The van der Waals surface area contributed by atoms with E-state index < -0.39 is 0 Å². The number of hydrogen-bond acceptors (Lipinski definition) is 2. The van der Waals surface area contributed by atoms with E-state index in [0.29, 0.717) is 11.1 Å². The van der Waals surface area contributed by atoms with Crippen molar-refractivity contribution in [3.05, 3.63) is 47.5 Å². The second-order valence-electron chi connectivity index (χ2n) is 2.76. The van der Waals surface area contributed by atoms with Gasteiger partial charge in [0.2, 0.25) is 0 Å². The van der Waals surface area contributed by atoms with Crippen LogP contribution in [0.1, 0.15) is 26.3 Å². The molecule has 0 saturated carbocycles. The second kappa shape index (κ2) is 3.81. The molecule has 0 N–H and O–H groups in total.